The number of nitrogens with zero attached hydrogens (tertiary/aromatic N) is 4. The fourth-order valence-electron chi connectivity index (χ4n) is 2.28. The molecule has 1 aliphatic heterocycles. The number of hydrogen-bond acceptors (Lipinski definition) is 6. The molecule has 4 rings (SSSR count). The van der Waals surface area contributed by atoms with Gasteiger partial charge in [-0.1, -0.05) is 0 Å². The minimum Gasteiger partial charge on any atom is -0.454 e. The second kappa shape index (κ2) is 4.34. The van der Waals surface area contributed by atoms with Gasteiger partial charge in [-0.15, -0.1) is 10.2 Å². The van der Waals surface area contributed by atoms with Crippen molar-refractivity contribution in [2.24, 2.45) is 7.05 Å². The lowest BCUT2D eigenvalue weighted by Crippen LogP contribution is -1.93. The maximum Gasteiger partial charge on any atom is 0.266 e. The van der Waals surface area contributed by atoms with Crippen LogP contribution in [0, 0.1) is 6.92 Å². The monoisotopic (exact) mass is 284 g/mol. The quantitative estimate of drug-likeness (QED) is 0.718. The summed E-state index contributed by atoms with van der Waals surface area (Å²) in [5, 5.41) is 12.4. The predicted octanol–water partition coefficient (Wildman–Crippen LogP) is 2.17. The summed E-state index contributed by atoms with van der Waals surface area (Å²) in [7, 11) is 1.84. The van der Waals surface area contributed by atoms with Gasteiger partial charge in [0.1, 0.15) is 5.69 Å². The van der Waals surface area contributed by atoms with Crippen LogP contribution in [0.25, 0.3) is 23.0 Å². The van der Waals surface area contributed by atoms with Crippen molar-refractivity contribution in [2.45, 2.75) is 6.92 Å². The minimum absolute atomic E-state index is 0.238. The molecular formula is C14H12N4O3. The van der Waals surface area contributed by atoms with Gasteiger partial charge < -0.3 is 13.9 Å². The van der Waals surface area contributed by atoms with Crippen LogP contribution in [-0.4, -0.2) is 26.8 Å². The first kappa shape index (κ1) is 12.0. The third-order valence-electron chi connectivity index (χ3n) is 3.27. The molecule has 0 spiro atoms. The molecule has 0 radical (unpaired) electrons. The normalized spacial score (nSPS) is 12.9. The highest BCUT2D eigenvalue weighted by Gasteiger charge is 2.18. The fraction of sp³-hybridized carbons (Fsp3) is 0.214. The van der Waals surface area contributed by atoms with E-state index in [1.54, 1.807) is 4.68 Å². The second-order valence-corrected chi connectivity index (χ2v) is 4.77. The SMILES string of the molecule is Cc1cc(-c2nnc(-c3ccc4c(c3)OCO4)o2)n(C)n1. The Labute approximate surface area is 120 Å². The van der Waals surface area contributed by atoms with Crippen molar-refractivity contribution in [2.75, 3.05) is 6.79 Å². The van der Waals surface area contributed by atoms with Crippen molar-refractivity contribution in [1.82, 2.24) is 20.0 Å². The molecule has 1 aromatic carbocycles. The Morgan fingerprint density at radius 3 is 2.67 bits per heavy atom. The first-order chi connectivity index (χ1) is 10.2. The van der Waals surface area contributed by atoms with Crippen LogP contribution in [0.2, 0.25) is 0 Å². The van der Waals surface area contributed by atoms with E-state index in [1.165, 1.54) is 0 Å². The molecule has 1 aliphatic rings. The molecule has 7 heteroatoms. The first-order valence-corrected chi connectivity index (χ1v) is 6.45. The number of benzene rings is 1. The summed E-state index contributed by atoms with van der Waals surface area (Å²) in [5.41, 5.74) is 2.47. The van der Waals surface area contributed by atoms with E-state index in [9.17, 15) is 0 Å². The molecule has 7 nitrogen and oxygen atoms in total. The number of ether oxygens (including phenoxy) is 2. The summed E-state index contributed by atoms with van der Waals surface area (Å²) < 4.78 is 18.1. The maximum absolute atomic E-state index is 5.73. The standard InChI is InChI=1S/C14H12N4O3/c1-8-5-10(18(2)17-8)14-16-15-13(21-14)9-3-4-11-12(6-9)20-7-19-11/h3-6H,7H2,1-2H3. The number of hydrogen-bond donors (Lipinski definition) is 0. The Hall–Kier alpha value is -2.83. The van der Waals surface area contributed by atoms with Crippen molar-refractivity contribution < 1.29 is 13.9 Å². The Morgan fingerprint density at radius 2 is 1.86 bits per heavy atom. The van der Waals surface area contributed by atoms with Gasteiger partial charge in [-0.25, -0.2) is 0 Å². The molecule has 0 amide bonds. The average molecular weight is 284 g/mol. The van der Waals surface area contributed by atoms with Gasteiger partial charge in [0.2, 0.25) is 12.7 Å². The Morgan fingerprint density at radius 1 is 1.05 bits per heavy atom. The van der Waals surface area contributed by atoms with Gasteiger partial charge in [-0.05, 0) is 31.2 Å². The highest BCUT2D eigenvalue weighted by molar-refractivity contribution is 5.61. The summed E-state index contributed by atoms with van der Waals surface area (Å²) in [6.45, 7) is 2.15. The molecule has 106 valence electrons. The topological polar surface area (TPSA) is 75.2 Å². The van der Waals surface area contributed by atoms with Crippen LogP contribution in [0.1, 0.15) is 5.69 Å². The van der Waals surface area contributed by atoms with E-state index >= 15 is 0 Å². The van der Waals surface area contributed by atoms with Gasteiger partial charge in [0, 0.05) is 12.6 Å². The minimum atomic E-state index is 0.238. The van der Waals surface area contributed by atoms with Crippen LogP contribution in [0.5, 0.6) is 11.5 Å². The van der Waals surface area contributed by atoms with E-state index < -0.39 is 0 Å². The van der Waals surface area contributed by atoms with Gasteiger partial charge in [-0.2, -0.15) is 5.10 Å². The molecule has 0 bridgehead atoms. The van der Waals surface area contributed by atoms with E-state index in [4.69, 9.17) is 13.9 Å². The van der Waals surface area contributed by atoms with Crippen LogP contribution < -0.4 is 9.47 Å². The zero-order valence-corrected chi connectivity index (χ0v) is 11.5. The molecule has 2 aromatic heterocycles. The summed E-state index contributed by atoms with van der Waals surface area (Å²) in [6.07, 6.45) is 0. The molecule has 0 saturated carbocycles. The Kier molecular flexibility index (Phi) is 2.47. The lowest BCUT2D eigenvalue weighted by molar-refractivity contribution is 0.174. The largest absolute Gasteiger partial charge is 0.454 e. The molecule has 0 aliphatic carbocycles. The van der Waals surface area contributed by atoms with E-state index in [2.05, 4.69) is 15.3 Å². The molecule has 0 N–H and O–H groups in total. The zero-order valence-electron chi connectivity index (χ0n) is 11.5. The summed E-state index contributed by atoms with van der Waals surface area (Å²) in [6, 6.07) is 7.42. The first-order valence-electron chi connectivity index (χ1n) is 6.45. The highest BCUT2D eigenvalue weighted by Crippen LogP contribution is 2.36. The van der Waals surface area contributed by atoms with Crippen molar-refractivity contribution in [3.63, 3.8) is 0 Å². The van der Waals surface area contributed by atoms with Crippen LogP contribution in [0.3, 0.4) is 0 Å². The summed E-state index contributed by atoms with van der Waals surface area (Å²) in [4.78, 5) is 0. The van der Waals surface area contributed by atoms with Crippen molar-refractivity contribution in [1.29, 1.82) is 0 Å². The van der Waals surface area contributed by atoms with Crippen LogP contribution in [-0.2, 0) is 7.05 Å². The Balaban J connectivity index is 1.73. The smallest absolute Gasteiger partial charge is 0.266 e. The Bertz CT molecular complexity index is 821. The maximum atomic E-state index is 5.73. The van der Waals surface area contributed by atoms with Crippen molar-refractivity contribution in [3.05, 3.63) is 30.0 Å². The summed E-state index contributed by atoms with van der Waals surface area (Å²) >= 11 is 0. The lowest BCUT2D eigenvalue weighted by Gasteiger charge is -1.98. The van der Waals surface area contributed by atoms with Crippen LogP contribution >= 0.6 is 0 Å². The van der Waals surface area contributed by atoms with Gasteiger partial charge in [-0.3, -0.25) is 4.68 Å². The molecular weight excluding hydrogens is 272 g/mol. The third-order valence-corrected chi connectivity index (χ3v) is 3.27. The van der Waals surface area contributed by atoms with Crippen LogP contribution in [0.4, 0.5) is 0 Å². The lowest BCUT2D eigenvalue weighted by atomic mass is 10.2. The third kappa shape index (κ3) is 1.94. The van der Waals surface area contributed by atoms with Crippen molar-refractivity contribution >= 4 is 0 Å². The van der Waals surface area contributed by atoms with Crippen molar-refractivity contribution in [3.8, 4) is 34.5 Å². The number of aromatic nitrogens is 4. The average Bonchev–Trinajstić information content (AvgIpc) is 3.17. The summed E-state index contributed by atoms with van der Waals surface area (Å²) in [5.74, 6) is 2.28. The van der Waals surface area contributed by atoms with Gasteiger partial charge >= 0.3 is 0 Å². The van der Waals surface area contributed by atoms with Gasteiger partial charge in [0.05, 0.1) is 5.69 Å². The second-order valence-electron chi connectivity index (χ2n) is 4.77. The van der Waals surface area contributed by atoms with E-state index in [0.717, 1.165) is 22.7 Å². The van der Waals surface area contributed by atoms with E-state index in [0.29, 0.717) is 17.5 Å². The van der Waals surface area contributed by atoms with Gasteiger partial charge in [0.15, 0.2) is 11.5 Å². The number of fused-ring (bicyclic) bond motifs is 1. The molecule has 0 atom stereocenters. The van der Waals surface area contributed by atoms with Crippen LogP contribution in [0.15, 0.2) is 28.7 Å². The molecule has 0 unspecified atom stereocenters. The molecule has 3 aromatic rings. The zero-order chi connectivity index (χ0) is 14.4. The van der Waals surface area contributed by atoms with Gasteiger partial charge in [0.25, 0.3) is 5.89 Å². The number of aryl methyl sites for hydroxylation is 2. The highest BCUT2D eigenvalue weighted by atomic mass is 16.7. The molecule has 0 fully saturated rings. The fourth-order valence-corrected chi connectivity index (χ4v) is 2.28. The molecule has 0 saturated heterocycles. The van der Waals surface area contributed by atoms with E-state index in [-0.39, 0.29) is 6.79 Å². The molecule has 21 heavy (non-hydrogen) atoms. The number of rotatable bonds is 2. The predicted molar refractivity (Wildman–Crippen MR) is 72.8 cm³/mol. The van der Waals surface area contributed by atoms with E-state index in [1.807, 2.05) is 38.2 Å². The molecule has 3 heterocycles.